The smallest absolute Gasteiger partial charge is 0.270 e. The topological polar surface area (TPSA) is 71.4 Å². The number of amides is 1. The van der Waals surface area contributed by atoms with Crippen molar-refractivity contribution in [3.63, 3.8) is 0 Å². The van der Waals surface area contributed by atoms with Crippen LogP contribution in [0.15, 0.2) is 17.2 Å². The van der Waals surface area contributed by atoms with Crippen molar-refractivity contribution in [2.24, 2.45) is 0 Å². The number of sulfonamides is 1. The number of hydrogen-bond acceptors (Lipinski definition) is 3. The molecule has 1 saturated carbocycles. The lowest BCUT2D eigenvalue weighted by atomic mass is 10.4. The summed E-state index contributed by atoms with van der Waals surface area (Å²) < 4.78 is 28.6. The van der Waals surface area contributed by atoms with Crippen molar-refractivity contribution >= 4 is 15.9 Å². The summed E-state index contributed by atoms with van der Waals surface area (Å²) in [4.78, 5) is 13.9. The number of aromatic nitrogens is 1. The fourth-order valence-corrected chi connectivity index (χ4v) is 3.60. The van der Waals surface area contributed by atoms with E-state index in [1.165, 1.54) is 6.07 Å². The van der Waals surface area contributed by atoms with E-state index >= 15 is 0 Å². The van der Waals surface area contributed by atoms with E-state index in [0.29, 0.717) is 18.8 Å². The van der Waals surface area contributed by atoms with Crippen LogP contribution in [0.25, 0.3) is 0 Å². The molecule has 0 saturated heterocycles. The fourth-order valence-electron chi connectivity index (χ4n) is 2.26. The molecule has 1 fully saturated rings. The van der Waals surface area contributed by atoms with Crippen molar-refractivity contribution in [2.75, 3.05) is 13.6 Å². The number of carbonyl (C=O) groups is 1. The van der Waals surface area contributed by atoms with Gasteiger partial charge in [-0.15, -0.1) is 0 Å². The first-order chi connectivity index (χ1) is 8.97. The van der Waals surface area contributed by atoms with E-state index in [1.54, 1.807) is 22.7 Å². The lowest BCUT2D eigenvalue weighted by Crippen LogP contribution is -2.27. The van der Waals surface area contributed by atoms with Crippen molar-refractivity contribution in [3.05, 3.63) is 18.0 Å². The molecule has 0 bridgehead atoms. The highest BCUT2D eigenvalue weighted by molar-refractivity contribution is 7.89. The first kappa shape index (κ1) is 12.7. The summed E-state index contributed by atoms with van der Waals surface area (Å²) in [5.41, 5.74) is 0.455. The number of fused-ring (bicyclic) bond motifs is 1. The van der Waals surface area contributed by atoms with Crippen molar-refractivity contribution in [2.45, 2.75) is 36.7 Å². The van der Waals surface area contributed by atoms with Gasteiger partial charge in [-0.1, -0.05) is 0 Å². The highest BCUT2D eigenvalue weighted by atomic mass is 32.2. The zero-order chi connectivity index (χ0) is 13.6. The van der Waals surface area contributed by atoms with Gasteiger partial charge in [0, 0.05) is 32.4 Å². The van der Waals surface area contributed by atoms with Gasteiger partial charge in [0.2, 0.25) is 10.0 Å². The lowest BCUT2D eigenvalue weighted by Gasteiger charge is -2.12. The predicted octanol–water partition coefficient (Wildman–Crippen LogP) is 0.404. The molecular formula is C12H17N3O3S. The van der Waals surface area contributed by atoms with Gasteiger partial charge >= 0.3 is 0 Å². The number of nitrogens with one attached hydrogen (secondary N) is 1. The molecule has 1 aliphatic heterocycles. The molecule has 2 heterocycles. The Kier molecular flexibility index (Phi) is 2.90. The van der Waals surface area contributed by atoms with Gasteiger partial charge in [-0.3, -0.25) is 4.79 Å². The van der Waals surface area contributed by atoms with Gasteiger partial charge in [0.15, 0.2) is 0 Å². The Morgan fingerprint density at radius 2 is 2.05 bits per heavy atom. The molecule has 0 aromatic carbocycles. The summed E-state index contributed by atoms with van der Waals surface area (Å²) in [6, 6.07) is 1.55. The molecule has 0 radical (unpaired) electrons. The van der Waals surface area contributed by atoms with Gasteiger partial charge < -0.3 is 9.47 Å². The monoisotopic (exact) mass is 283 g/mol. The van der Waals surface area contributed by atoms with Crippen LogP contribution < -0.4 is 4.72 Å². The Labute approximate surface area is 112 Å². The maximum absolute atomic E-state index is 12.1. The predicted molar refractivity (Wildman–Crippen MR) is 69.4 cm³/mol. The average molecular weight is 283 g/mol. The van der Waals surface area contributed by atoms with Gasteiger partial charge in [-0.25, -0.2) is 13.1 Å². The first-order valence-electron chi connectivity index (χ1n) is 6.45. The number of aryl methyl sites for hydroxylation is 1. The van der Waals surface area contributed by atoms with Crippen molar-refractivity contribution < 1.29 is 13.2 Å². The number of nitrogens with zero attached hydrogens (tertiary/aromatic N) is 2. The molecule has 0 spiro atoms. The van der Waals surface area contributed by atoms with Gasteiger partial charge in [0.1, 0.15) is 10.6 Å². The minimum Gasteiger partial charge on any atom is -0.342 e. The van der Waals surface area contributed by atoms with E-state index in [0.717, 1.165) is 19.3 Å². The van der Waals surface area contributed by atoms with Crippen LogP contribution >= 0.6 is 0 Å². The molecule has 19 heavy (non-hydrogen) atoms. The zero-order valence-electron chi connectivity index (χ0n) is 10.8. The maximum Gasteiger partial charge on any atom is 0.270 e. The molecule has 0 atom stereocenters. The molecule has 0 unspecified atom stereocenters. The Morgan fingerprint density at radius 3 is 2.74 bits per heavy atom. The second-order valence-corrected chi connectivity index (χ2v) is 6.94. The summed E-state index contributed by atoms with van der Waals surface area (Å²) >= 11 is 0. The van der Waals surface area contributed by atoms with Crippen LogP contribution in [-0.2, 0) is 16.6 Å². The number of carbonyl (C=O) groups excluding carboxylic acids is 1. The summed E-state index contributed by atoms with van der Waals surface area (Å²) in [5, 5.41) is 0. The maximum atomic E-state index is 12.1. The molecule has 1 aromatic heterocycles. The number of rotatable bonds is 3. The number of hydrogen-bond donors (Lipinski definition) is 1. The van der Waals surface area contributed by atoms with Crippen LogP contribution in [0.2, 0.25) is 0 Å². The third-order valence-electron chi connectivity index (χ3n) is 3.54. The average Bonchev–Trinajstić information content (AvgIpc) is 3.06. The van der Waals surface area contributed by atoms with Gasteiger partial charge in [-0.2, -0.15) is 0 Å². The van der Waals surface area contributed by atoms with E-state index in [2.05, 4.69) is 4.72 Å². The molecule has 6 nitrogen and oxygen atoms in total. The largest absolute Gasteiger partial charge is 0.342 e. The summed E-state index contributed by atoms with van der Waals surface area (Å²) in [6.07, 6.45) is 4.19. The second-order valence-electron chi connectivity index (χ2n) is 5.23. The summed E-state index contributed by atoms with van der Waals surface area (Å²) in [6.45, 7) is 1.37. The van der Waals surface area contributed by atoms with Crippen LogP contribution in [0, 0.1) is 0 Å². The standard InChI is InChI=1S/C12H17N3O3S/c1-14-5-2-6-15-8-10(7-11(15)12(14)16)19(17,18)13-9-3-4-9/h7-9,13H,2-6H2,1H3. The van der Waals surface area contributed by atoms with Crippen molar-refractivity contribution in [1.82, 2.24) is 14.2 Å². The molecular weight excluding hydrogens is 266 g/mol. The molecule has 1 amide bonds. The molecule has 1 aliphatic carbocycles. The van der Waals surface area contributed by atoms with E-state index in [1.807, 2.05) is 0 Å². The highest BCUT2D eigenvalue weighted by Crippen LogP contribution is 2.24. The van der Waals surface area contributed by atoms with Gasteiger partial charge in [0.05, 0.1) is 0 Å². The van der Waals surface area contributed by atoms with Crippen LogP contribution in [0.5, 0.6) is 0 Å². The third kappa shape index (κ3) is 2.40. The molecule has 1 aromatic rings. The minimum absolute atomic E-state index is 0.0723. The van der Waals surface area contributed by atoms with Crippen LogP contribution in [0.4, 0.5) is 0 Å². The Hall–Kier alpha value is -1.34. The third-order valence-corrected chi connectivity index (χ3v) is 5.03. The molecule has 7 heteroatoms. The zero-order valence-corrected chi connectivity index (χ0v) is 11.6. The fraction of sp³-hybridized carbons (Fsp3) is 0.583. The van der Waals surface area contributed by atoms with Gasteiger partial charge in [0.25, 0.3) is 5.91 Å². The van der Waals surface area contributed by atoms with Crippen LogP contribution in [-0.4, -0.2) is 43.4 Å². The summed E-state index contributed by atoms with van der Waals surface area (Å²) in [5.74, 6) is -0.120. The lowest BCUT2D eigenvalue weighted by molar-refractivity contribution is 0.0796. The van der Waals surface area contributed by atoms with Crippen molar-refractivity contribution in [3.8, 4) is 0 Å². The SMILES string of the molecule is CN1CCCn2cc(S(=O)(=O)NC3CC3)cc2C1=O. The van der Waals surface area contributed by atoms with E-state index < -0.39 is 10.0 Å². The Balaban J connectivity index is 1.95. The highest BCUT2D eigenvalue weighted by Gasteiger charge is 2.30. The van der Waals surface area contributed by atoms with Crippen LogP contribution in [0.1, 0.15) is 29.8 Å². The van der Waals surface area contributed by atoms with E-state index in [-0.39, 0.29) is 16.8 Å². The van der Waals surface area contributed by atoms with E-state index in [4.69, 9.17) is 0 Å². The molecule has 2 aliphatic rings. The molecule has 1 N–H and O–H groups in total. The molecule has 104 valence electrons. The first-order valence-corrected chi connectivity index (χ1v) is 7.94. The minimum atomic E-state index is -3.49. The quantitative estimate of drug-likeness (QED) is 0.873. The second kappa shape index (κ2) is 4.35. The Bertz CT molecular complexity index is 616. The molecule has 3 rings (SSSR count). The van der Waals surface area contributed by atoms with Gasteiger partial charge in [-0.05, 0) is 25.3 Å². The van der Waals surface area contributed by atoms with E-state index in [9.17, 15) is 13.2 Å². The van der Waals surface area contributed by atoms with Crippen molar-refractivity contribution in [1.29, 1.82) is 0 Å². The van der Waals surface area contributed by atoms with Crippen LogP contribution in [0.3, 0.4) is 0 Å². The normalized spacial score (nSPS) is 20.3. The Morgan fingerprint density at radius 1 is 1.32 bits per heavy atom. The summed E-state index contributed by atoms with van der Waals surface area (Å²) in [7, 11) is -1.75.